The molecule has 0 unspecified atom stereocenters. The van der Waals surface area contributed by atoms with E-state index in [-0.39, 0.29) is 0 Å². The molecule has 1 aromatic carbocycles. The molecule has 0 saturated carbocycles. The van der Waals surface area contributed by atoms with E-state index in [4.69, 9.17) is 14.4 Å². The Kier molecular flexibility index (Phi) is 4.22. The Morgan fingerprint density at radius 1 is 1.29 bits per heavy atom. The SMILES string of the molecule is O=C(O)C(F)(F)F.c1nc(-c2ccc3c(c2)CNC3)no1. The van der Waals surface area contributed by atoms with Gasteiger partial charge in [-0.1, -0.05) is 17.3 Å². The van der Waals surface area contributed by atoms with Crippen LogP contribution in [0.25, 0.3) is 11.4 Å². The van der Waals surface area contributed by atoms with E-state index in [1.54, 1.807) is 0 Å². The Hall–Kier alpha value is -2.42. The van der Waals surface area contributed by atoms with Crippen molar-refractivity contribution in [2.75, 3.05) is 0 Å². The van der Waals surface area contributed by atoms with Crippen molar-refractivity contribution >= 4 is 5.97 Å². The minimum Gasteiger partial charge on any atom is -0.475 e. The third-order valence-electron chi connectivity index (χ3n) is 2.70. The van der Waals surface area contributed by atoms with E-state index in [1.807, 2.05) is 6.07 Å². The molecule has 1 aromatic heterocycles. The summed E-state index contributed by atoms with van der Waals surface area (Å²) >= 11 is 0. The van der Waals surface area contributed by atoms with E-state index in [9.17, 15) is 13.2 Å². The van der Waals surface area contributed by atoms with Crippen LogP contribution >= 0.6 is 0 Å². The molecule has 112 valence electrons. The molecule has 0 saturated heterocycles. The minimum absolute atomic E-state index is 0.653. The quantitative estimate of drug-likeness (QED) is 0.837. The molecule has 21 heavy (non-hydrogen) atoms. The predicted molar refractivity (Wildman–Crippen MR) is 64.0 cm³/mol. The van der Waals surface area contributed by atoms with Gasteiger partial charge in [0.2, 0.25) is 12.2 Å². The minimum atomic E-state index is -5.08. The summed E-state index contributed by atoms with van der Waals surface area (Å²) in [7, 11) is 0. The van der Waals surface area contributed by atoms with Gasteiger partial charge in [0, 0.05) is 18.7 Å². The second kappa shape index (κ2) is 5.92. The molecule has 9 heteroatoms. The summed E-state index contributed by atoms with van der Waals surface area (Å²) < 4.78 is 36.4. The van der Waals surface area contributed by atoms with Crippen LogP contribution in [0.3, 0.4) is 0 Å². The van der Waals surface area contributed by atoms with Crippen LogP contribution in [0.4, 0.5) is 13.2 Å². The van der Waals surface area contributed by atoms with Crippen LogP contribution < -0.4 is 5.32 Å². The average Bonchev–Trinajstić information content (AvgIpc) is 3.09. The number of nitrogens with one attached hydrogen (secondary N) is 1. The van der Waals surface area contributed by atoms with E-state index in [0.717, 1.165) is 18.7 Å². The Morgan fingerprint density at radius 3 is 2.52 bits per heavy atom. The van der Waals surface area contributed by atoms with Crippen LogP contribution in [0.5, 0.6) is 0 Å². The van der Waals surface area contributed by atoms with Crippen molar-refractivity contribution in [3.8, 4) is 11.4 Å². The van der Waals surface area contributed by atoms with Crippen molar-refractivity contribution in [1.82, 2.24) is 15.5 Å². The van der Waals surface area contributed by atoms with Gasteiger partial charge in [0.1, 0.15) is 0 Å². The van der Waals surface area contributed by atoms with Crippen molar-refractivity contribution in [3.05, 3.63) is 35.7 Å². The number of fused-ring (bicyclic) bond motifs is 1. The fourth-order valence-corrected chi connectivity index (χ4v) is 1.73. The first-order chi connectivity index (χ1) is 9.88. The lowest BCUT2D eigenvalue weighted by Crippen LogP contribution is -2.21. The fourth-order valence-electron chi connectivity index (χ4n) is 1.73. The maximum absolute atomic E-state index is 10.6. The normalized spacial score (nSPS) is 13.3. The maximum Gasteiger partial charge on any atom is 0.490 e. The average molecular weight is 301 g/mol. The molecule has 2 heterocycles. The van der Waals surface area contributed by atoms with E-state index in [2.05, 4.69) is 27.6 Å². The molecule has 0 spiro atoms. The molecule has 3 rings (SSSR count). The first-order valence-electron chi connectivity index (χ1n) is 5.77. The van der Waals surface area contributed by atoms with Crippen molar-refractivity contribution in [2.24, 2.45) is 0 Å². The third-order valence-corrected chi connectivity index (χ3v) is 2.70. The van der Waals surface area contributed by atoms with Crippen LogP contribution in [0, 0.1) is 0 Å². The molecular formula is C12H10F3N3O3. The van der Waals surface area contributed by atoms with Crippen molar-refractivity contribution in [2.45, 2.75) is 19.3 Å². The molecule has 2 N–H and O–H groups in total. The molecule has 0 atom stereocenters. The lowest BCUT2D eigenvalue weighted by molar-refractivity contribution is -0.192. The van der Waals surface area contributed by atoms with Gasteiger partial charge in [-0.25, -0.2) is 4.79 Å². The summed E-state index contributed by atoms with van der Waals surface area (Å²) in [6.45, 7) is 1.89. The van der Waals surface area contributed by atoms with Gasteiger partial charge in [-0.05, 0) is 17.2 Å². The number of carbonyl (C=O) groups is 1. The second-order valence-electron chi connectivity index (χ2n) is 4.14. The summed E-state index contributed by atoms with van der Waals surface area (Å²) in [6, 6.07) is 6.25. The van der Waals surface area contributed by atoms with Crippen molar-refractivity contribution < 1.29 is 27.6 Å². The molecule has 1 aliphatic rings. The standard InChI is InChI=1S/C10H9N3O.C2HF3O2/c1-2-8-4-11-5-9(8)3-7(1)10-12-6-14-13-10;3-2(4,5)1(6)7/h1-3,6,11H,4-5H2;(H,6,7). The number of carboxylic acid groups (broad SMARTS) is 1. The van der Waals surface area contributed by atoms with Gasteiger partial charge in [-0.3, -0.25) is 0 Å². The number of nitrogens with zero attached hydrogens (tertiary/aromatic N) is 2. The number of aliphatic carboxylic acids is 1. The lowest BCUT2D eigenvalue weighted by atomic mass is 10.1. The van der Waals surface area contributed by atoms with Crippen LogP contribution in [-0.4, -0.2) is 27.4 Å². The van der Waals surface area contributed by atoms with E-state index in [1.165, 1.54) is 17.5 Å². The maximum atomic E-state index is 10.6. The van der Waals surface area contributed by atoms with Gasteiger partial charge in [0.15, 0.2) is 0 Å². The van der Waals surface area contributed by atoms with Crippen molar-refractivity contribution in [1.29, 1.82) is 0 Å². The Balaban J connectivity index is 0.000000199. The van der Waals surface area contributed by atoms with Crippen LogP contribution in [0.1, 0.15) is 11.1 Å². The number of alkyl halides is 3. The van der Waals surface area contributed by atoms with Gasteiger partial charge in [-0.2, -0.15) is 18.2 Å². The topological polar surface area (TPSA) is 88.2 Å². The number of hydrogen-bond acceptors (Lipinski definition) is 5. The molecule has 1 aliphatic heterocycles. The first kappa shape index (κ1) is 15.0. The van der Waals surface area contributed by atoms with Gasteiger partial charge in [0.05, 0.1) is 0 Å². The Labute approximate surface area is 116 Å². The highest BCUT2D eigenvalue weighted by Crippen LogP contribution is 2.22. The molecule has 0 radical (unpaired) electrons. The number of halogens is 3. The highest BCUT2D eigenvalue weighted by atomic mass is 19.4. The molecule has 6 nitrogen and oxygen atoms in total. The van der Waals surface area contributed by atoms with E-state index >= 15 is 0 Å². The van der Waals surface area contributed by atoms with Gasteiger partial charge in [-0.15, -0.1) is 0 Å². The predicted octanol–water partition coefficient (Wildman–Crippen LogP) is 1.97. The smallest absolute Gasteiger partial charge is 0.475 e. The van der Waals surface area contributed by atoms with Crippen LogP contribution in [-0.2, 0) is 17.9 Å². The highest BCUT2D eigenvalue weighted by Gasteiger charge is 2.38. The van der Waals surface area contributed by atoms with E-state index in [0.29, 0.717) is 5.82 Å². The molecule has 0 fully saturated rings. The van der Waals surface area contributed by atoms with Gasteiger partial charge < -0.3 is 14.9 Å². The summed E-state index contributed by atoms with van der Waals surface area (Å²) in [6.07, 6.45) is -3.74. The summed E-state index contributed by atoms with van der Waals surface area (Å²) in [5.41, 5.74) is 3.70. The second-order valence-corrected chi connectivity index (χ2v) is 4.14. The third kappa shape index (κ3) is 3.78. The van der Waals surface area contributed by atoms with Crippen molar-refractivity contribution in [3.63, 3.8) is 0 Å². The van der Waals surface area contributed by atoms with Crippen LogP contribution in [0.15, 0.2) is 29.1 Å². The van der Waals surface area contributed by atoms with Crippen LogP contribution in [0.2, 0.25) is 0 Å². The molecule has 0 aliphatic carbocycles. The number of aromatic nitrogens is 2. The largest absolute Gasteiger partial charge is 0.490 e. The zero-order chi connectivity index (χ0) is 15.5. The summed E-state index contributed by atoms with van der Waals surface area (Å²) in [5, 5.41) is 14.2. The molecular weight excluding hydrogens is 291 g/mol. The lowest BCUT2D eigenvalue weighted by Gasteiger charge is -1.99. The first-order valence-corrected chi connectivity index (χ1v) is 5.77. The molecule has 2 aromatic rings. The monoisotopic (exact) mass is 301 g/mol. The zero-order valence-electron chi connectivity index (χ0n) is 10.5. The number of hydrogen-bond donors (Lipinski definition) is 2. The summed E-state index contributed by atoms with van der Waals surface area (Å²) in [4.78, 5) is 12.9. The van der Waals surface area contributed by atoms with Gasteiger partial charge in [0.25, 0.3) is 0 Å². The molecule has 0 bridgehead atoms. The van der Waals surface area contributed by atoms with Gasteiger partial charge >= 0.3 is 12.1 Å². The molecule has 0 amide bonds. The highest BCUT2D eigenvalue weighted by molar-refractivity contribution is 5.73. The zero-order valence-corrected chi connectivity index (χ0v) is 10.5. The Bertz CT molecular complexity index is 626. The number of benzene rings is 1. The fraction of sp³-hybridized carbons (Fsp3) is 0.250. The Morgan fingerprint density at radius 2 is 1.95 bits per heavy atom. The van der Waals surface area contributed by atoms with E-state index < -0.39 is 12.1 Å². The number of carboxylic acids is 1. The summed E-state index contributed by atoms with van der Waals surface area (Å²) in [5.74, 6) is -2.10. The number of rotatable bonds is 1.